The van der Waals surface area contributed by atoms with Crippen LogP contribution in [0.5, 0.6) is 0 Å². The molecule has 0 bridgehead atoms. The number of aromatic nitrogens is 1. The first kappa shape index (κ1) is 12.6. The molecule has 0 aliphatic carbocycles. The van der Waals surface area contributed by atoms with Crippen molar-refractivity contribution in [3.05, 3.63) is 36.5 Å². The van der Waals surface area contributed by atoms with Crippen LogP contribution in [0.2, 0.25) is 0 Å². The Morgan fingerprint density at radius 3 is 3.21 bits per heavy atom. The van der Waals surface area contributed by atoms with Gasteiger partial charge in [-0.1, -0.05) is 12.1 Å². The number of nitrogens with zero attached hydrogens (tertiary/aromatic N) is 3. The average Bonchev–Trinajstić information content (AvgIpc) is 2.90. The molecule has 0 saturated carbocycles. The van der Waals surface area contributed by atoms with Crippen molar-refractivity contribution >= 4 is 5.82 Å². The lowest BCUT2D eigenvalue weighted by Gasteiger charge is -2.26. The molecule has 0 aromatic carbocycles. The van der Waals surface area contributed by atoms with Crippen molar-refractivity contribution in [1.29, 1.82) is 0 Å². The fraction of sp³-hybridized carbons (Fsp3) is 0.533. The van der Waals surface area contributed by atoms with Crippen molar-refractivity contribution in [2.75, 3.05) is 37.7 Å². The Hall–Kier alpha value is -1.39. The van der Waals surface area contributed by atoms with Crippen LogP contribution in [-0.4, -0.2) is 48.8 Å². The highest BCUT2D eigenvalue weighted by Gasteiger charge is 2.27. The maximum atomic E-state index is 5.53. The van der Waals surface area contributed by atoms with Crippen LogP contribution in [0.3, 0.4) is 0 Å². The number of rotatable bonds is 3. The summed E-state index contributed by atoms with van der Waals surface area (Å²) in [5.41, 5.74) is 1.31. The molecule has 3 heterocycles. The van der Waals surface area contributed by atoms with Gasteiger partial charge < -0.3 is 9.64 Å². The standard InChI is InChI=1S/C15H21N3O/c1-2-7-17-8-9-18(14-5-10-19-12-14)11-13-4-3-6-16-15(13)17/h2-4,6,14H,1,5,7-12H2/t14-/m0/s1. The average molecular weight is 259 g/mol. The number of fused-ring (bicyclic) bond motifs is 1. The molecule has 1 aromatic rings. The second-order valence-corrected chi connectivity index (χ2v) is 5.21. The zero-order valence-electron chi connectivity index (χ0n) is 11.3. The smallest absolute Gasteiger partial charge is 0.133 e. The molecule has 1 fully saturated rings. The lowest BCUT2D eigenvalue weighted by molar-refractivity contribution is 0.142. The van der Waals surface area contributed by atoms with Crippen LogP contribution in [0.15, 0.2) is 31.0 Å². The highest BCUT2D eigenvalue weighted by molar-refractivity contribution is 5.48. The third-order valence-corrected chi connectivity index (χ3v) is 3.97. The van der Waals surface area contributed by atoms with Gasteiger partial charge in [-0.25, -0.2) is 4.98 Å². The predicted molar refractivity (Wildman–Crippen MR) is 76.3 cm³/mol. The van der Waals surface area contributed by atoms with Crippen molar-refractivity contribution in [2.45, 2.75) is 19.0 Å². The van der Waals surface area contributed by atoms with E-state index in [4.69, 9.17) is 4.74 Å². The normalized spacial score (nSPS) is 24.0. The number of anilines is 1. The predicted octanol–water partition coefficient (Wildman–Crippen LogP) is 1.68. The fourth-order valence-electron chi connectivity index (χ4n) is 2.95. The minimum atomic E-state index is 0.566. The van der Waals surface area contributed by atoms with Gasteiger partial charge in [-0.2, -0.15) is 0 Å². The largest absolute Gasteiger partial charge is 0.380 e. The molecule has 0 unspecified atom stereocenters. The van der Waals surface area contributed by atoms with Crippen LogP contribution in [0, 0.1) is 0 Å². The molecule has 1 atom stereocenters. The Labute approximate surface area is 114 Å². The molecule has 3 rings (SSSR count). The van der Waals surface area contributed by atoms with E-state index in [0.717, 1.165) is 51.6 Å². The molecule has 102 valence electrons. The summed E-state index contributed by atoms with van der Waals surface area (Å²) in [4.78, 5) is 9.42. The Bertz CT molecular complexity index is 443. The Balaban J connectivity index is 1.84. The van der Waals surface area contributed by atoms with Gasteiger partial charge in [0.15, 0.2) is 0 Å². The number of ether oxygens (including phenoxy) is 1. The third kappa shape index (κ3) is 2.65. The summed E-state index contributed by atoms with van der Waals surface area (Å²) in [7, 11) is 0. The molecule has 0 N–H and O–H groups in total. The number of hydrogen-bond donors (Lipinski definition) is 0. The summed E-state index contributed by atoms with van der Waals surface area (Å²) in [5.74, 6) is 1.11. The number of hydrogen-bond acceptors (Lipinski definition) is 4. The maximum Gasteiger partial charge on any atom is 0.133 e. The van der Waals surface area contributed by atoms with E-state index in [1.165, 1.54) is 5.56 Å². The zero-order chi connectivity index (χ0) is 13.1. The monoisotopic (exact) mass is 259 g/mol. The molecule has 4 heteroatoms. The minimum Gasteiger partial charge on any atom is -0.380 e. The van der Waals surface area contributed by atoms with Crippen molar-refractivity contribution in [1.82, 2.24) is 9.88 Å². The topological polar surface area (TPSA) is 28.6 Å². The lowest BCUT2D eigenvalue weighted by atomic mass is 10.2. The van der Waals surface area contributed by atoms with Gasteiger partial charge in [0.1, 0.15) is 5.82 Å². The van der Waals surface area contributed by atoms with E-state index >= 15 is 0 Å². The van der Waals surface area contributed by atoms with Gasteiger partial charge in [-0.3, -0.25) is 4.90 Å². The molecule has 0 amide bonds. The van der Waals surface area contributed by atoms with E-state index in [2.05, 4.69) is 27.4 Å². The molecule has 4 nitrogen and oxygen atoms in total. The Kier molecular flexibility index (Phi) is 3.80. The Morgan fingerprint density at radius 1 is 1.47 bits per heavy atom. The van der Waals surface area contributed by atoms with Crippen molar-refractivity contribution < 1.29 is 4.74 Å². The van der Waals surface area contributed by atoms with Gasteiger partial charge in [-0.15, -0.1) is 6.58 Å². The van der Waals surface area contributed by atoms with E-state index in [-0.39, 0.29) is 0 Å². The van der Waals surface area contributed by atoms with Crippen LogP contribution in [-0.2, 0) is 11.3 Å². The molecule has 1 aromatic heterocycles. The van der Waals surface area contributed by atoms with Crippen LogP contribution >= 0.6 is 0 Å². The molecule has 19 heavy (non-hydrogen) atoms. The molecule has 2 aliphatic rings. The highest BCUT2D eigenvalue weighted by atomic mass is 16.5. The lowest BCUT2D eigenvalue weighted by Crippen LogP contribution is -2.38. The van der Waals surface area contributed by atoms with Crippen LogP contribution in [0.1, 0.15) is 12.0 Å². The first-order valence-corrected chi connectivity index (χ1v) is 7.00. The van der Waals surface area contributed by atoms with E-state index in [1.54, 1.807) is 0 Å². The molecular formula is C15H21N3O. The summed E-state index contributed by atoms with van der Waals surface area (Å²) in [5, 5.41) is 0. The second kappa shape index (κ2) is 5.72. The fourth-order valence-corrected chi connectivity index (χ4v) is 2.95. The first-order valence-electron chi connectivity index (χ1n) is 7.00. The van der Waals surface area contributed by atoms with E-state index < -0.39 is 0 Å². The molecule has 0 spiro atoms. The van der Waals surface area contributed by atoms with Crippen molar-refractivity contribution in [2.24, 2.45) is 0 Å². The van der Waals surface area contributed by atoms with E-state index in [0.29, 0.717) is 6.04 Å². The highest BCUT2D eigenvalue weighted by Crippen LogP contribution is 2.25. The molecular weight excluding hydrogens is 238 g/mol. The van der Waals surface area contributed by atoms with Gasteiger partial charge in [0.2, 0.25) is 0 Å². The minimum absolute atomic E-state index is 0.566. The van der Waals surface area contributed by atoms with E-state index in [9.17, 15) is 0 Å². The van der Waals surface area contributed by atoms with Crippen LogP contribution in [0.25, 0.3) is 0 Å². The van der Waals surface area contributed by atoms with Crippen LogP contribution in [0.4, 0.5) is 5.82 Å². The zero-order valence-corrected chi connectivity index (χ0v) is 11.3. The summed E-state index contributed by atoms with van der Waals surface area (Å²) >= 11 is 0. The first-order chi connectivity index (χ1) is 9.38. The summed E-state index contributed by atoms with van der Waals surface area (Å²) in [6, 6.07) is 4.78. The summed E-state index contributed by atoms with van der Waals surface area (Å²) in [6.07, 6.45) is 4.98. The van der Waals surface area contributed by atoms with E-state index in [1.807, 2.05) is 18.3 Å². The SMILES string of the molecule is C=CCN1CCN([C@H]2CCOC2)Cc2cccnc21. The van der Waals surface area contributed by atoms with Crippen molar-refractivity contribution in [3.8, 4) is 0 Å². The molecule has 0 radical (unpaired) electrons. The van der Waals surface area contributed by atoms with Gasteiger partial charge in [0, 0.05) is 50.6 Å². The van der Waals surface area contributed by atoms with Gasteiger partial charge >= 0.3 is 0 Å². The van der Waals surface area contributed by atoms with Gasteiger partial charge in [-0.05, 0) is 12.5 Å². The summed E-state index contributed by atoms with van der Waals surface area (Å²) < 4.78 is 5.53. The summed E-state index contributed by atoms with van der Waals surface area (Å²) in [6.45, 7) is 9.54. The van der Waals surface area contributed by atoms with Crippen LogP contribution < -0.4 is 4.90 Å². The van der Waals surface area contributed by atoms with Gasteiger partial charge in [0.25, 0.3) is 0 Å². The maximum absolute atomic E-state index is 5.53. The van der Waals surface area contributed by atoms with Gasteiger partial charge in [0.05, 0.1) is 6.61 Å². The second-order valence-electron chi connectivity index (χ2n) is 5.21. The van der Waals surface area contributed by atoms with Crippen molar-refractivity contribution in [3.63, 3.8) is 0 Å². The molecule has 2 aliphatic heterocycles. The number of pyridine rings is 1. The third-order valence-electron chi connectivity index (χ3n) is 3.97. The Morgan fingerprint density at radius 2 is 2.42 bits per heavy atom. The molecule has 1 saturated heterocycles. The quantitative estimate of drug-likeness (QED) is 0.772.